The first kappa shape index (κ1) is 15.7. The van der Waals surface area contributed by atoms with E-state index >= 15 is 0 Å². The molecule has 2 unspecified atom stereocenters. The van der Waals surface area contributed by atoms with Crippen LogP contribution >= 0.6 is 0 Å². The first-order chi connectivity index (χ1) is 8.92. The third kappa shape index (κ3) is 4.04. The van der Waals surface area contributed by atoms with Crippen LogP contribution in [0.15, 0.2) is 35.2 Å². The number of methoxy groups -OCH3 is 1. The van der Waals surface area contributed by atoms with Crippen molar-refractivity contribution >= 4 is 16.0 Å². The van der Waals surface area contributed by atoms with Crippen LogP contribution in [0.2, 0.25) is 0 Å². The molecule has 0 fully saturated rings. The van der Waals surface area contributed by atoms with Gasteiger partial charge in [0.05, 0.1) is 12.0 Å². The summed E-state index contributed by atoms with van der Waals surface area (Å²) in [5.74, 6) is -0.722. The largest absolute Gasteiger partial charge is 0.468 e. The molecule has 0 radical (unpaired) electrons. The lowest BCUT2D eigenvalue weighted by Crippen LogP contribution is -2.45. The predicted octanol–water partition coefficient (Wildman–Crippen LogP) is 1.55. The molecule has 0 aliphatic heterocycles. The Morgan fingerprint density at radius 3 is 2.37 bits per heavy atom. The van der Waals surface area contributed by atoms with Crippen LogP contribution in [-0.2, 0) is 19.6 Å². The third-order valence-electron chi connectivity index (χ3n) is 3.00. The van der Waals surface area contributed by atoms with Crippen LogP contribution in [-0.4, -0.2) is 27.5 Å². The number of carbonyl (C=O) groups excluding carboxylic acids is 1. The van der Waals surface area contributed by atoms with Gasteiger partial charge < -0.3 is 4.74 Å². The lowest BCUT2D eigenvalue weighted by molar-refractivity contribution is -0.143. The van der Waals surface area contributed by atoms with E-state index in [0.717, 1.165) is 0 Å². The molecule has 2 atom stereocenters. The summed E-state index contributed by atoms with van der Waals surface area (Å²) in [6.07, 6.45) is 0.664. The van der Waals surface area contributed by atoms with E-state index < -0.39 is 22.0 Å². The number of ether oxygens (including phenoxy) is 1. The van der Waals surface area contributed by atoms with Gasteiger partial charge in [0.15, 0.2) is 0 Å². The number of sulfonamides is 1. The molecule has 1 rings (SSSR count). The van der Waals surface area contributed by atoms with Crippen LogP contribution in [0.4, 0.5) is 0 Å². The van der Waals surface area contributed by atoms with Crippen molar-refractivity contribution in [2.45, 2.75) is 31.2 Å². The molecule has 0 saturated heterocycles. The molecule has 0 bridgehead atoms. The van der Waals surface area contributed by atoms with E-state index in [-0.39, 0.29) is 10.8 Å². The number of nitrogens with one attached hydrogen (secondary N) is 1. The lowest BCUT2D eigenvalue weighted by atomic mass is 10.0. The maximum Gasteiger partial charge on any atom is 0.324 e. The Bertz CT molecular complexity index is 513. The highest BCUT2D eigenvalue weighted by molar-refractivity contribution is 7.89. The fourth-order valence-electron chi connectivity index (χ4n) is 1.59. The highest BCUT2D eigenvalue weighted by atomic mass is 32.2. The first-order valence-electron chi connectivity index (χ1n) is 6.07. The molecule has 6 heteroatoms. The van der Waals surface area contributed by atoms with Gasteiger partial charge >= 0.3 is 5.97 Å². The van der Waals surface area contributed by atoms with E-state index in [1.165, 1.54) is 19.2 Å². The topological polar surface area (TPSA) is 72.5 Å². The Morgan fingerprint density at radius 2 is 1.89 bits per heavy atom. The molecule has 0 amide bonds. The van der Waals surface area contributed by atoms with Crippen LogP contribution in [0, 0.1) is 5.92 Å². The summed E-state index contributed by atoms with van der Waals surface area (Å²) in [6, 6.07) is 7.07. The molecule has 0 aliphatic carbocycles. The summed E-state index contributed by atoms with van der Waals surface area (Å²) in [5, 5.41) is 0. The van der Waals surface area contributed by atoms with Crippen LogP contribution in [0.1, 0.15) is 20.3 Å². The number of esters is 1. The zero-order valence-corrected chi connectivity index (χ0v) is 12.1. The summed E-state index contributed by atoms with van der Waals surface area (Å²) in [6.45, 7) is 3.69. The van der Waals surface area contributed by atoms with E-state index in [4.69, 9.17) is 0 Å². The molecule has 0 heterocycles. The second-order valence-corrected chi connectivity index (χ2v) is 6.03. The average Bonchev–Trinajstić information content (AvgIpc) is 2.44. The van der Waals surface area contributed by atoms with Crippen LogP contribution in [0.5, 0.6) is 0 Å². The van der Waals surface area contributed by atoms with Crippen LogP contribution in [0.3, 0.4) is 0 Å². The monoisotopic (exact) mass is 285 g/mol. The molecular formula is C13H19NO4S. The molecule has 1 aromatic rings. The fraction of sp³-hybridized carbons (Fsp3) is 0.462. The SMILES string of the molecule is CCC(C)C(NS(=O)(=O)c1ccccc1)C(=O)OC. The van der Waals surface area contributed by atoms with Gasteiger partial charge in [-0.2, -0.15) is 4.72 Å². The lowest BCUT2D eigenvalue weighted by Gasteiger charge is -2.21. The normalized spacial score (nSPS) is 14.7. The standard InChI is InChI=1S/C13H19NO4S/c1-4-10(2)12(13(15)18-3)14-19(16,17)11-8-6-5-7-9-11/h5-10,12,14H,4H2,1-3H3. The molecule has 0 aliphatic rings. The summed E-state index contributed by atoms with van der Waals surface area (Å²) < 4.78 is 31.4. The molecule has 0 aromatic heterocycles. The zero-order chi connectivity index (χ0) is 14.5. The Balaban J connectivity index is 2.99. The summed E-state index contributed by atoms with van der Waals surface area (Å²) in [5.41, 5.74) is 0. The van der Waals surface area contributed by atoms with Gasteiger partial charge in [0.25, 0.3) is 0 Å². The second-order valence-electron chi connectivity index (χ2n) is 4.32. The van der Waals surface area contributed by atoms with Gasteiger partial charge in [-0.1, -0.05) is 38.5 Å². The average molecular weight is 285 g/mol. The highest BCUT2D eigenvalue weighted by Crippen LogP contribution is 2.14. The smallest absolute Gasteiger partial charge is 0.324 e. The van der Waals surface area contributed by atoms with Crippen molar-refractivity contribution in [1.29, 1.82) is 0 Å². The van der Waals surface area contributed by atoms with E-state index in [1.54, 1.807) is 25.1 Å². The van der Waals surface area contributed by atoms with Crippen molar-refractivity contribution in [3.05, 3.63) is 30.3 Å². The van der Waals surface area contributed by atoms with Gasteiger partial charge in [-0.15, -0.1) is 0 Å². The van der Waals surface area contributed by atoms with Crippen molar-refractivity contribution in [2.75, 3.05) is 7.11 Å². The van der Waals surface area contributed by atoms with Gasteiger partial charge in [-0.25, -0.2) is 8.42 Å². The Kier molecular flexibility index (Phi) is 5.50. The number of hydrogen-bond donors (Lipinski definition) is 1. The Morgan fingerprint density at radius 1 is 1.32 bits per heavy atom. The predicted molar refractivity (Wildman–Crippen MR) is 72.0 cm³/mol. The molecule has 106 valence electrons. The number of rotatable bonds is 6. The molecule has 1 N–H and O–H groups in total. The molecule has 0 spiro atoms. The van der Waals surface area contributed by atoms with Crippen molar-refractivity contribution in [1.82, 2.24) is 4.72 Å². The molecule has 0 saturated carbocycles. The summed E-state index contributed by atoms with van der Waals surface area (Å²) in [4.78, 5) is 11.8. The van der Waals surface area contributed by atoms with Gasteiger partial charge in [-0.3, -0.25) is 4.79 Å². The summed E-state index contributed by atoms with van der Waals surface area (Å²) >= 11 is 0. The van der Waals surface area contributed by atoms with E-state index in [2.05, 4.69) is 9.46 Å². The number of benzene rings is 1. The molecular weight excluding hydrogens is 266 g/mol. The fourth-order valence-corrected chi connectivity index (χ4v) is 2.91. The summed E-state index contributed by atoms with van der Waals surface area (Å²) in [7, 11) is -2.48. The maximum atomic E-state index is 12.2. The van der Waals surface area contributed by atoms with Gasteiger partial charge in [0.2, 0.25) is 10.0 Å². The minimum Gasteiger partial charge on any atom is -0.468 e. The number of carbonyl (C=O) groups is 1. The zero-order valence-electron chi connectivity index (χ0n) is 11.3. The van der Waals surface area contributed by atoms with Gasteiger partial charge in [0.1, 0.15) is 6.04 Å². The minimum atomic E-state index is -3.72. The molecule has 5 nitrogen and oxygen atoms in total. The van der Waals surface area contributed by atoms with Crippen LogP contribution in [0.25, 0.3) is 0 Å². The maximum absolute atomic E-state index is 12.2. The van der Waals surface area contributed by atoms with Crippen molar-refractivity contribution in [3.8, 4) is 0 Å². The Labute approximate surface area is 114 Å². The van der Waals surface area contributed by atoms with Crippen LogP contribution < -0.4 is 4.72 Å². The third-order valence-corrected chi connectivity index (χ3v) is 4.46. The quantitative estimate of drug-likeness (QED) is 0.805. The molecule has 1 aromatic carbocycles. The highest BCUT2D eigenvalue weighted by Gasteiger charge is 2.30. The second kappa shape index (κ2) is 6.68. The Hall–Kier alpha value is -1.40. The van der Waals surface area contributed by atoms with Gasteiger partial charge in [-0.05, 0) is 18.1 Å². The minimum absolute atomic E-state index is 0.132. The molecule has 19 heavy (non-hydrogen) atoms. The van der Waals surface area contributed by atoms with Crippen molar-refractivity contribution in [2.24, 2.45) is 5.92 Å². The van der Waals surface area contributed by atoms with E-state index in [1.807, 2.05) is 6.92 Å². The van der Waals surface area contributed by atoms with Crippen molar-refractivity contribution < 1.29 is 17.9 Å². The van der Waals surface area contributed by atoms with Gasteiger partial charge in [0, 0.05) is 0 Å². The van der Waals surface area contributed by atoms with E-state index in [0.29, 0.717) is 6.42 Å². The van der Waals surface area contributed by atoms with Crippen molar-refractivity contribution in [3.63, 3.8) is 0 Å². The number of hydrogen-bond acceptors (Lipinski definition) is 4. The first-order valence-corrected chi connectivity index (χ1v) is 7.56. The van der Waals surface area contributed by atoms with E-state index in [9.17, 15) is 13.2 Å².